The fourth-order valence-electron chi connectivity index (χ4n) is 1.95. The molecule has 0 heterocycles. The van der Waals surface area contributed by atoms with Crippen LogP contribution in [0.15, 0.2) is 30.3 Å². The Labute approximate surface area is 119 Å². The number of quaternary nitrogens is 1. The molecule has 5 nitrogen and oxygen atoms in total. The van der Waals surface area contributed by atoms with Gasteiger partial charge in [0.05, 0.1) is 40.2 Å². The monoisotopic (exact) mass is 280 g/mol. The van der Waals surface area contributed by atoms with E-state index in [-0.39, 0.29) is 11.9 Å². The molecule has 0 bridgehead atoms. The Hall–Kier alpha value is -1.88. The maximum atomic E-state index is 11.2. The number of methoxy groups -OCH3 is 2. The predicted octanol–water partition coefficient (Wildman–Crippen LogP) is 0.198. The third-order valence-corrected chi connectivity index (χ3v) is 3.12. The SMILES string of the molecule is COC(=O)CC[NH+](CCC(=O)OC)Cc1ccccc1. The van der Waals surface area contributed by atoms with E-state index in [0.29, 0.717) is 25.9 Å². The van der Waals surface area contributed by atoms with Crippen molar-refractivity contribution in [3.8, 4) is 0 Å². The lowest BCUT2D eigenvalue weighted by atomic mass is 10.2. The van der Waals surface area contributed by atoms with E-state index in [9.17, 15) is 9.59 Å². The van der Waals surface area contributed by atoms with Crippen LogP contribution in [0.3, 0.4) is 0 Å². The smallest absolute Gasteiger partial charge is 0.311 e. The van der Waals surface area contributed by atoms with Crippen LogP contribution in [0.25, 0.3) is 0 Å². The molecule has 0 atom stereocenters. The summed E-state index contributed by atoms with van der Waals surface area (Å²) >= 11 is 0. The molecule has 0 radical (unpaired) electrons. The number of rotatable bonds is 8. The molecule has 110 valence electrons. The van der Waals surface area contributed by atoms with Gasteiger partial charge in [-0.25, -0.2) is 0 Å². The molecule has 0 aliphatic carbocycles. The second-order valence-corrected chi connectivity index (χ2v) is 4.56. The van der Waals surface area contributed by atoms with Gasteiger partial charge in [-0.05, 0) is 0 Å². The van der Waals surface area contributed by atoms with E-state index in [1.165, 1.54) is 19.8 Å². The maximum absolute atomic E-state index is 11.2. The quantitative estimate of drug-likeness (QED) is 0.691. The summed E-state index contributed by atoms with van der Waals surface area (Å²) in [6.45, 7) is 2.05. The zero-order valence-corrected chi connectivity index (χ0v) is 12.1. The van der Waals surface area contributed by atoms with Gasteiger partial charge in [0.15, 0.2) is 0 Å². The molecule has 0 aromatic heterocycles. The molecule has 1 aromatic carbocycles. The van der Waals surface area contributed by atoms with Gasteiger partial charge < -0.3 is 14.4 Å². The lowest BCUT2D eigenvalue weighted by Crippen LogP contribution is -3.11. The van der Waals surface area contributed by atoms with Crippen molar-refractivity contribution in [1.29, 1.82) is 0 Å². The van der Waals surface area contributed by atoms with Gasteiger partial charge in [0.25, 0.3) is 0 Å². The first-order valence-corrected chi connectivity index (χ1v) is 6.66. The molecule has 20 heavy (non-hydrogen) atoms. The summed E-state index contributed by atoms with van der Waals surface area (Å²) in [5.41, 5.74) is 1.18. The molecule has 0 aliphatic rings. The number of nitrogens with one attached hydrogen (secondary N) is 1. The average molecular weight is 280 g/mol. The second-order valence-electron chi connectivity index (χ2n) is 4.56. The molecule has 1 aromatic rings. The Balaban J connectivity index is 2.53. The summed E-state index contributed by atoms with van der Waals surface area (Å²) in [4.78, 5) is 23.6. The van der Waals surface area contributed by atoms with Crippen LogP contribution >= 0.6 is 0 Å². The van der Waals surface area contributed by atoms with Gasteiger partial charge in [0, 0.05) is 5.56 Å². The van der Waals surface area contributed by atoms with Crippen LogP contribution in [0.4, 0.5) is 0 Å². The number of ether oxygens (including phenoxy) is 2. The molecule has 0 fully saturated rings. The number of carbonyl (C=O) groups is 2. The number of hydrogen-bond acceptors (Lipinski definition) is 4. The molecule has 5 heteroatoms. The highest BCUT2D eigenvalue weighted by atomic mass is 16.5. The Morgan fingerprint density at radius 2 is 1.45 bits per heavy atom. The van der Waals surface area contributed by atoms with Crippen molar-refractivity contribution in [2.75, 3.05) is 27.3 Å². The van der Waals surface area contributed by atoms with E-state index in [1.54, 1.807) is 0 Å². The van der Waals surface area contributed by atoms with Crippen molar-refractivity contribution in [1.82, 2.24) is 0 Å². The Bertz CT molecular complexity index is 399. The molecule has 1 N–H and O–H groups in total. The van der Waals surface area contributed by atoms with Crippen LogP contribution in [0, 0.1) is 0 Å². The van der Waals surface area contributed by atoms with E-state index >= 15 is 0 Å². The van der Waals surface area contributed by atoms with E-state index in [4.69, 9.17) is 0 Å². The van der Waals surface area contributed by atoms with Crippen molar-refractivity contribution in [2.45, 2.75) is 19.4 Å². The largest absolute Gasteiger partial charge is 0.469 e. The average Bonchev–Trinajstić information content (AvgIpc) is 2.50. The Kier molecular flexibility index (Phi) is 7.35. The highest BCUT2D eigenvalue weighted by Crippen LogP contribution is 1.95. The van der Waals surface area contributed by atoms with Gasteiger partial charge >= 0.3 is 11.9 Å². The summed E-state index contributed by atoms with van der Waals surface area (Å²) in [6, 6.07) is 10.00. The van der Waals surface area contributed by atoms with Crippen molar-refractivity contribution < 1.29 is 24.0 Å². The van der Waals surface area contributed by atoms with Crippen molar-refractivity contribution in [3.05, 3.63) is 35.9 Å². The van der Waals surface area contributed by atoms with E-state index < -0.39 is 0 Å². The van der Waals surface area contributed by atoms with Crippen LogP contribution in [-0.4, -0.2) is 39.2 Å². The van der Waals surface area contributed by atoms with Gasteiger partial charge in [0.1, 0.15) is 6.54 Å². The molecule has 1 rings (SSSR count). The van der Waals surface area contributed by atoms with Gasteiger partial charge in [0.2, 0.25) is 0 Å². The first-order chi connectivity index (χ1) is 9.65. The summed E-state index contributed by atoms with van der Waals surface area (Å²) in [7, 11) is 2.77. The van der Waals surface area contributed by atoms with Gasteiger partial charge in [-0.15, -0.1) is 0 Å². The van der Waals surface area contributed by atoms with Crippen LogP contribution in [0.1, 0.15) is 18.4 Å². The first kappa shape index (κ1) is 16.2. The lowest BCUT2D eigenvalue weighted by Gasteiger charge is -2.18. The molecular formula is C15H22NO4+. The Morgan fingerprint density at radius 1 is 0.950 bits per heavy atom. The molecule has 0 aliphatic heterocycles. The highest BCUT2D eigenvalue weighted by molar-refractivity contribution is 5.69. The molecule has 0 unspecified atom stereocenters. The fourth-order valence-corrected chi connectivity index (χ4v) is 1.95. The summed E-state index contributed by atoms with van der Waals surface area (Å²) < 4.78 is 9.31. The minimum absolute atomic E-state index is 0.228. The number of esters is 2. The third kappa shape index (κ3) is 6.33. The van der Waals surface area contributed by atoms with Crippen molar-refractivity contribution >= 4 is 11.9 Å². The van der Waals surface area contributed by atoms with Crippen LogP contribution < -0.4 is 4.90 Å². The molecule has 0 saturated heterocycles. The van der Waals surface area contributed by atoms with E-state index in [2.05, 4.69) is 9.47 Å². The van der Waals surface area contributed by atoms with Crippen LogP contribution in [0.5, 0.6) is 0 Å². The minimum Gasteiger partial charge on any atom is -0.469 e. The number of benzene rings is 1. The summed E-state index contributed by atoms with van der Waals surface area (Å²) in [5.74, 6) is -0.456. The zero-order valence-electron chi connectivity index (χ0n) is 12.1. The summed E-state index contributed by atoms with van der Waals surface area (Å²) in [6.07, 6.45) is 0.694. The van der Waals surface area contributed by atoms with E-state index in [1.807, 2.05) is 30.3 Å². The topological polar surface area (TPSA) is 57.0 Å². The number of hydrogen-bond donors (Lipinski definition) is 1. The highest BCUT2D eigenvalue weighted by Gasteiger charge is 2.14. The second kappa shape index (κ2) is 9.09. The van der Waals surface area contributed by atoms with Crippen molar-refractivity contribution in [3.63, 3.8) is 0 Å². The number of carbonyl (C=O) groups excluding carboxylic acids is 2. The van der Waals surface area contributed by atoms with E-state index in [0.717, 1.165) is 11.4 Å². The molecule has 0 saturated carbocycles. The van der Waals surface area contributed by atoms with Gasteiger partial charge in [-0.1, -0.05) is 30.3 Å². The van der Waals surface area contributed by atoms with Crippen molar-refractivity contribution in [2.24, 2.45) is 0 Å². The van der Waals surface area contributed by atoms with Crippen LogP contribution in [-0.2, 0) is 25.6 Å². The molecular weight excluding hydrogens is 258 g/mol. The predicted molar refractivity (Wildman–Crippen MR) is 74.1 cm³/mol. The Morgan fingerprint density at radius 3 is 1.90 bits per heavy atom. The standard InChI is InChI=1S/C15H21NO4/c1-19-14(17)8-10-16(11-9-15(18)20-2)12-13-6-4-3-5-7-13/h3-7H,8-12H2,1-2H3/p+1. The normalized spacial score (nSPS) is 10.3. The van der Waals surface area contributed by atoms with Gasteiger partial charge in [-0.2, -0.15) is 0 Å². The first-order valence-electron chi connectivity index (χ1n) is 6.66. The zero-order chi connectivity index (χ0) is 14.8. The molecule has 0 amide bonds. The van der Waals surface area contributed by atoms with Crippen LogP contribution in [0.2, 0.25) is 0 Å². The van der Waals surface area contributed by atoms with Gasteiger partial charge in [-0.3, -0.25) is 9.59 Å². The summed E-state index contributed by atoms with van der Waals surface area (Å²) in [5, 5.41) is 0. The molecule has 0 spiro atoms. The minimum atomic E-state index is -0.228. The lowest BCUT2D eigenvalue weighted by molar-refractivity contribution is -0.912. The maximum Gasteiger partial charge on any atom is 0.311 e. The third-order valence-electron chi connectivity index (χ3n) is 3.12. The fraction of sp³-hybridized carbons (Fsp3) is 0.467.